The number of carbonyl (C=O) groups excluding carboxylic acids is 6. The zero-order valence-corrected chi connectivity index (χ0v) is 51.8. The van der Waals surface area contributed by atoms with Gasteiger partial charge in [-0.05, 0) is 100 Å². The van der Waals surface area contributed by atoms with Crippen LogP contribution in [-0.4, -0.2) is 184 Å². The van der Waals surface area contributed by atoms with Gasteiger partial charge < -0.3 is 68.5 Å². The highest BCUT2D eigenvalue weighted by atomic mass is 32.2. The number of benzene rings is 5. The molecule has 468 valence electrons. The second-order valence-corrected chi connectivity index (χ2v) is 23.6. The van der Waals surface area contributed by atoms with Crippen LogP contribution >= 0.6 is 11.8 Å². The number of nitrogens with zero attached hydrogens (tertiary/aromatic N) is 5. The minimum absolute atomic E-state index is 0.0251. The molecule has 25 heteroatoms. The van der Waals surface area contributed by atoms with Gasteiger partial charge in [0.1, 0.15) is 72.8 Å². The highest BCUT2D eigenvalue weighted by Gasteiger charge is 2.35. The molecule has 6 rings (SSSR count). The number of anilines is 1. The van der Waals surface area contributed by atoms with Crippen molar-refractivity contribution in [2.24, 2.45) is 5.73 Å². The maximum atomic E-state index is 15.3. The van der Waals surface area contributed by atoms with E-state index in [2.05, 4.69) is 5.32 Å². The lowest BCUT2D eigenvalue weighted by Gasteiger charge is -2.36. The van der Waals surface area contributed by atoms with Gasteiger partial charge in [0.05, 0.1) is 64.1 Å². The van der Waals surface area contributed by atoms with Gasteiger partial charge in [0.15, 0.2) is 0 Å². The van der Waals surface area contributed by atoms with Gasteiger partial charge in [-0.25, -0.2) is 0 Å². The molecule has 0 aromatic heterocycles. The number of carboxylic acids is 1. The fraction of sp³-hybridized carbons (Fsp3) is 0.403. The summed E-state index contributed by atoms with van der Waals surface area (Å²) in [5, 5.41) is 11.9. The van der Waals surface area contributed by atoms with Gasteiger partial charge in [-0.1, -0.05) is 60.7 Å². The lowest BCUT2D eigenvalue weighted by molar-refractivity contribution is -0.148. The van der Waals surface area contributed by atoms with Gasteiger partial charge in [0, 0.05) is 42.8 Å². The first-order valence-electron chi connectivity index (χ1n) is 28.1. The molecule has 1 aliphatic rings. The number of amides is 6. The molecule has 1 aliphatic heterocycles. The minimum atomic E-state index is -4.25. The molecule has 0 spiro atoms. The zero-order valence-electron chi connectivity index (χ0n) is 50.1. The lowest BCUT2D eigenvalue weighted by atomic mass is 10.0. The molecule has 1 heterocycles. The predicted molar refractivity (Wildman–Crippen MR) is 327 cm³/mol. The van der Waals surface area contributed by atoms with E-state index < -0.39 is 114 Å². The summed E-state index contributed by atoms with van der Waals surface area (Å²) in [6, 6.07) is 29.1. The first-order chi connectivity index (χ1) is 41.5. The fourth-order valence-electron chi connectivity index (χ4n) is 9.24. The molecular formula is C62H77N7O16S2. The van der Waals surface area contributed by atoms with Crippen molar-refractivity contribution in [3.63, 3.8) is 0 Å². The molecule has 1 fully saturated rings. The number of para-hydroxylation sites is 2. The number of hydrogen-bond donors (Lipinski definition) is 3. The highest BCUT2D eigenvalue weighted by Crippen LogP contribution is 2.32. The third-order valence-electron chi connectivity index (χ3n) is 14.2. The second kappa shape index (κ2) is 32.4. The molecule has 1 saturated heterocycles. The molecule has 87 heavy (non-hydrogen) atoms. The molecule has 5 aromatic rings. The lowest BCUT2D eigenvalue weighted by Crippen LogP contribution is -2.55. The van der Waals surface area contributed by atoms with Crippen LogP contribution in [0.4, 0.5) is 5.69 Å². The van der Waals surface area contributed by atoms with Crippen molar-refractivity contribution in [3.8, 4) is 34.5 Å². The van der Waals surface area contributed by atoms with E-state index in [1.165, 1.54) is 83.1 Å². The first kappa shape index (κ1) is 67.7. The molecule has 23 nitrogen and oxygen atoms in total. The van der Waals surface area contributed by atoms with Crippen LogP contribution in [0.15, 0.2) is 121 Å². The predicted octanol–water partition coefficient (Wildman–Crippen LogP) is 5.71. The van der Waals surface area contributed by atoms with Gasteiger partial charge in [0.2, 0.25) is 35.4 Å². The summed E-state index contributed by atoms with van der Waals surface area (Å²) in [7, 11) is 0.0867. The Morgan fingerprint density at radius 1 is 0.655 bits per heavy atom. The standard InChI is InChI=1S/C62H77N7O16S2/c1-41(2)83-28-27-65-36-58(72)68(43(4)45-21-23-49(80-6)24-22-45)39-60(74)67(44(5)47-16-14-19-51(31-47)85-87(78,79)30-29-86-40-54(63)62(76)77)35-56(70)64-42(3)61(75)66(26-25-46-15-12-13-20-55(46)84-50-17-10-9-11-18-50)37-59(73)69(38-57(65)71)48-32-52(81-7)34-53(33-48)82-8/h9-24,31-34,41-44,54H,25-30,35-40,63H2,1-8H3,(H,64,70)(H,76,77)/t42-,43+,44+,54-/m1/s1. The molecular weight excluding hydrogens is 1160 g/mol. The number of carbonyl (C=O) groups is 7. The number of nitrogens with two attached hydrogens (primary N) is 1. The van der Waals surface area contributed by atoms with Crippen LogP contribution < -0.4 is 39.1 Å². The van der Waals surface area contributed by atoms with Crippen molar-refractivity contribution in [1.82, 2.24) is 24.9 Å². The van der Waals surface area contributed by atoms with E-state index >= 15 is 24.0 Å². The molecule has 4 atom stereocenters. The number of carboxylic acid groups (broad SMARTS) is 1. The zero-order chi connectivity index (χ0) is 63.4. The summed E-state index contributed by atoms with van der Waals surface area (Å²) in [6.07, 6.45) is -0.135. The number of hydrogen-bond acceptors (Lipinski definition) is 17. The molecule has 0 radical (unpaired) electrons. The third-order valence-corrected chi connectivity index (χ3v) is 16.7. The Kier molecular flexibility index (Phi) is 25.2. The maximum absolute atomic E-state index is 15.3. The Bertz CT molecular complexity index is 3260. The Morgan fingerprint density at radius 3 is 1.92 bits per heavy atom. The van der Waals surface area contributed by atoms with Gasteiger partial charge in [0.25, 0.3) is 0 Å². The quantitative estimate of drug-likeness (QED) is 0.0466. The Hall–Kier alpha value is -8.39. The van der Waals surface area contributed by atoms with Crippen molar-refractivity contribution in [2.75, 3.05) is 95.9 Å². The second-order valence-electron chi connectivity index (χ2n) is 20.7. The number of aliphatic carboxylic acids is 1. The molecule has 0 aliphatic carbocycles. The average Bonchev–Trinajstić information content (AvgIpc) is 2.56. The van der Waals surface area contributed by atoms with E-state index in [-0.39, 0.29) is 66.7 Å². The van der Waals surface area contributed by atoms with Crippen LogP contribution in [0, 0.1) is 0 Å². The number of thioether (sulfide) groups is 1. The average molecular weight is 1240 g/mol. The van der Waals surface area contributed by atoms with Gasteiger partial charge >= 0.3 is 16.1 Å². The Labute approximate surface area is 512 Å². The van der Waals surface area contributed by atoms with Gasteiger partial charge in [-0.2, -0.15) is 20.2 Å². The van der Waals surface area contributed by atoms with Crippen molar-refractivity contribution in [1.29, 1.82) is 0 Å². The highest BCUT2D eigenvalue weighted by molar-refractivity contribution is 8.00. The summed E-state index contributed by atoms with van der Waals surface area (Å²) < 4.78 is 60.6. The molecule has 0 unspecified atom stereocenters. The normalized spacial score (nSPS) is 16.4. The molecule has 5 aromatic carbocycles. The summed E-state index contributed by atoms with van der Waals surface area (Å²) >= 11 is 1.02. The van der Waals surface area contributed by atoms with Crippen LogP contribution in [0.2, 0.25) is 0 Å². The van der Waals surface area contributed by atoms with Gasteiger partial charge in [-0.3, -0.25) is 33.6 Å². The first-order valence-corrected chi connectivity index (χ1v) is 30.9. The number of ether oxygens (including phenoxy) is 5. The summed E-state index contributed by atoms with van der Waals surface area (Å²) in [4.78, 5) is 108. The van der Waals surface area contributed by atoms with Crippen LogP contribution in [0.5, 0.6) is 34.5 Å². The van der Waals surface area contributed by atoms with Crippen molar-refractivity contribution in [3.05, 3.63) is 138 Å². The SMILES string of the molecule is COc1ccc([C@H](C)N2CC(=O)N([C@@H](C)c3cccc(OS(=O)(=O)CCSC[C@@H](N)C(=O)O)c3)CC(=O)N[C@H](C)C(=O)N(CCc3ccccc3Oc3ccccc3)CC(=O)N(c3cc(OC)cc(OC)c3)CC(=O)N(CCOC(C)C)CC2=O)cc1. The maximum Gasteiger partial charge on any atom is 0.321 e. The largest absolute Gasteiger partial charge is 0.497 e. The number of methoxy groups -OCH3 is 3. The van der Waals surface area contributed by atoms with E-state index in [9.17, 15) is 18.0 Å². The van der Waals surface area contributed by atoms with E-state index in [4.69, 9.17) is 38.7 Å². The number of nitrogens with one attached hydrogen (secondary N) is 1. The van der Waals surface area contributed by atoms with E-state index in [0.29, 0.717) is 33.9 Å². The Morgan fingerprint density at radius 2 is 1.26 bits per heavy atom. The Balaban J connectivity index is 1.45. The summed E-state index contributed by atoms with van der Waals surface area (Å²) in [6.45, 7) is 4.72. The molecule has 4 N–H and O–H groups in total. The van der Waals surface area contributed by atoms with E-state index in [0.717, 1.165) is 11.8 Å². The topological polar surface area (TPSA) is 283 Å². The van der Waals surface area contributed by atoms with Crippen LogP contribution in [0.3, 0.4) is 0 Å². The van der Waals surface area contributed by atoms with E-state index in [1.807, 2.05) is 24.3 Å². The minimum Gasteiger partial charge on any atom is -0.497 e. The number of rotatable bonds is 25. The van der Waals surface area contributed by atoms with Crippen molar-refractivity contribution >= 4 is 69.0 Å². The monoisotopic (exact) mass is 1240 g/mol. The molecule has 0 saturated carbocycles. The van der Waals surface area contributed by atoms with Crippen LogP contribution in [0.25, 0.3) is 0 Å². The van der Waals surface area contributed by atoms with Crippen molar-refractivity contribution in [2.45, 2.75) is 71.3 Å². The van der Waals surface area contributed by atoms with Gasteiger partial charge in [-0.15, -0.1) is 0 Å². The van der Waals surface area contributed by atoms with E-state index in [1.54, 1.807) is 94.4 Å². The molecule has 0 bridgehead atoms. The van der Waals surface area contributed by atoms with Crippen molar-refractivity contribution < 1.29 is 75.0 Å². The van der Waals surface area contributed by atoms with Crippen LogP contribution in [-0.2, 0) is 54.8 Å². The summed E-state index contributed by atoms with van der Waals surface area (Å²) in [5.74, 6) is -4.22. The summed E-state index contributed by atoms with van der Waals surface area (Å²) in [5.41, 5.74) is 7.28. The van der Waals surface area contributed by atoms with Crippen LogP contribution in [0.1, 0.15) is 63.4 Å². The third kappa shape index (κ3) is 20.1. The molecule has 6 amide bonds. The smallest absolute Gasteiger partial charge is 0.321 e. The fourth-order valence-corrected chi connectivity index (χ4v) is 11.6.